The molecule has 0 saturated carbocycles. The first-order valence-corrected chi connectivity index (χ1v) is 10.6. The maximum Gasteiger partial charge on any atom is 0.338 e. The van der Waals surface area contributed by atoms with Gasteiger partial charge < -0.3 is 15.0 Å². The summed E-state index contributed by atoms with van der Waals surface area (Å²) in [6, 6.07) is 8.34. The Balaban J connectivity index is 1.52. The molecule has 2 heterocycles. The fourth-order valence-corrected chi connectivity index (χ4v) is 4.10. The average molecular weight is 418 g/mol. The average Bonchev–Trinajstić information content (AvgIpc) is 3.03. The van der Waals surface area contributed by atoms with E-state index in [1.54, 1.807) is 31.2 Å². The smallest absolute Gasteiger partial charge is 0.338 e. The Kier molecular flexibility index (Phi) is 6.48. The van der Waals surface area contributed by atoms with Gasteiger partial charge in [0, 0.05) is 10.6 Å². The Morgan fingerprint density at radius 2 is 2.04 bits per heavy atom. The van der Waals surface area contributed by atoms with Crippen LogP contribution in [0.15, 0.2) is 35.1 Å². The highest BCUT2D eigenvalue weighted by atomic mass is 32.2. The van der Waals surface area contributed by atoms with Crippen molar-refractivity contribution in [2.75, 3.05) is 17.7 Å². The molecule has 7 nitrogen and oxygen atoms in total. The zero-order valence-corrected chi connectivity index (χ0v) is 17.0. The van der Waals surface area contributed by atoms with Gasteiger partial charge in [0.1, 0.15) is 10.7 Å². The van der Waals surface area contributed by atoms with Gasteiger partial charge >= 0.3 is 5.97 Å². The molecule has 9 heteroatoms. The molecule has 3 rings (SSSR count). The lowest BCUT2D eigenvalue weighted by Crippen LogP contribution is -2.15. The van der Waals surface area contributed by atoms with Crippen LogP contribution in [-0.2, 0) is 15.3 Å². The van der Waals surface area contributed by atoms with Crippen molar-refractivity contribution in [1.82, 2.24) is 9.97 Å². The van der Waals surface area contributed by atoms with Crippen LogP contribution in [0.3, 0.4) is 0 Å². The molecule has 0 spiro atoms. The largest absolute Gasteiger partial charge is 0.462 e. The van der Waals surface area contributed by atoms with Crippen LogP contribution in [0.4, 0.5) is 5.69 Å². The first kappa shape index (κ1) is 20.1. The quantitative estimate of drug-likeness (QED) is 0.572. The lowest BCUT2D eigenvalue weighted by molar-refractivity contribution is -0.113. The van der Waals surface area contributed by atoms with Gasteiger partial charge in [0.05, 0.1) is 29.1 Å². The summed E-state index contributed by atoms with van der Waals surface area (Å²) in [6.07, 6.45) is 0. The normalized spacial score (nSPS) is 10.8. The van der Waals surface area contributed by atoms with Crippen LogP contribution in [0.2, 0.25) is 0 Å². The van der Waals surface area contributed by atoms with Crippen molar-refractivity contribution in [1.29, 1.82) is 0 Å². The van der Waals surface area contributed by atoms with Crippen molar-refractivity contribution in [2.45, 2.75) is 19.6 Å². The van der Waals surface area contributed by atoms with Gasteiger partial charge in [0.15, 0.2) is 0 Å². The molecule has 0 bridgehead atoms. The number of esters is 1. The van der Waals surface area contributed by atoms with Gasteiger partial charge in [-0.1, -0.05) is 0 Å². The number of nitrogens with one attached hydrogen (secondary N) is 2. The number of anilines is 1. The minimum Gasteiger partial charge on any atom is -0.462 e. The molecule has 0 unspecified atom stereocenters. The van der Waals surface area contributed by atoms with Crippen LogP contribution in [0.1, 0.15) is 28.0 Å². The fraction of sp³-hybridized carbons (Fsp3) is 0.263. The van der Waals surface area contributed by atoms with Gasteiger partial charge in [0.2, 0.25) is 5.91 Å². The summed E-state index contributed by atoms with van der Waals surface area (Å²) in [5.74, 6) is 0.623. The van der Waals surface area contributed by atoms with Crippen LogP contribution >= 0.6 is 23.1 Å². The van der Waals surface area contributed by atoms with E-state index < -0.39 is 5.97 Å². The van der Waals surface area contributed by atoms with Crippen LogP contribution in [0.25, 0.3) is 10.2 Å². The number of carbonyl (C=O) groups excluding carboxylic acids is 2. The number of aryl methyl sites for hydroxylation is 1. The van der Waals surface area contributed by atoms with E-state index >= 15 is 0 Å². The first-order valence-electron chi connectivity index (χ1n) is 8.60. The predicted molar refractivity (Wildman–Crippen MR) is 112 cm³/mol. The van der Waals surface area contributed by atoms with Gasteiger partial charge in [-0.25, -0.2) is 9.78 Å². The Bertz CT molecular complexity index is 1060. The summed E-state index contributed by atoms with van der Waals surface area (Å²) >= 11 is 2.83. The molecular formula is C19H19N3O4S2. The molecule has 0 aliphatic rings. The van der Waals surface area contributed by atoms with Crippen molar-refractivity contribution in [3.8, 4) is 0 Å². The molecule has 0 aliphatic heterocycles. The van der Waals surface area contributed by atoms with Crippen molar-refractivity contribution >= 4 is 50.9 Å². The number of aromatic amines is 1. The van der Waals surface area contributed by atoms with E-state index in [2.05, 4.69) is 15.3 Å². The number of amides is 1. The Morgan fingerprint density at radius 3 is 2.75 bits per heavy atom. The van der Waals surface area contributed by atoms with Crippen LogP contribution in [0.5, 0.6) is 0 Å². The number of fused-ring (bicyclic) bond motifs is 1. The van der Waals surface area contributed by atoms with E-state index in [1.807, 2.05) is 13.0 Å². The molecule has 146 valence electrons. The second-order valence-electron chi connectivity index (χ2n) is 5.93. The number of nitrogens with zero attached hydrogens (tertiary/aromatic N) is 1. The third-order valence-electron chi connectivity index (χ3n) is 3.73. The Morgan fingerprint density at radius 1 is 1.29 bits per heavy atom. The zero-order valence-electron chi connectivity index (χ0n) is 15.4. The second kappa shape index (κ2) is 9.03. The van der Waals surface area contributed by atoms with Gasteiger partial charge in [-0.3, -0.25) is 9.59 Å². The number of thioether (sulfide) groups is 1. The van der Waals surface area contributed by atoms with E-state index in [-0.39, 0.29) is 17.2 Å². The van der Waals surface area contributed by atoms with Crippen molar-refractivity contribution < 1.29 is 14.3 Å². The molecular weight excluding hydrogens is 398 g/mol. The van der Waals surface area contributed by atoms with Crippen LogP contribution < -0.4 is 10.9 Å². The van der Waals surface area contributed by atoms with E-state index in [1.165, 1.54) is 23.1 Å². The summed E-state index contributed by atoms with van der Waals surface area (Å²) in [4.78, 5) is 44.7. The maximum atomic E-state index is 12.1. The summed E-state index contributed by atoms with van der Waals surface area (Å²) in [6.45, 7) is 3.99. The number of aromatic nitrogens is 2. The van der Waals surface area contributed by atoms with E-state index in [0.29, 0.717) is 39.7 Å². The zero-order chi connectivity index (χ0) is 20.1. The first-order chi connectivity index (χ1) is 13.5. The van der Waals surface area contributed by atoms with Crippen molar-refractivity contribution in [2.24, 2.45) is 0 Å². The van der Waals surface area contributed by atoms with Gasteiger partial charge in [-0.2, -0.15) is 0 Å². The monoisotopic (exact) mass is 417 g/mol. The standard InChI is InChI=1S/C19H19N3O4S2/c1-3-26-19(25)12-4-6-13(7-5-12)20-16(23)10-27-9-15-21-17(24)14-8-11(2)28-18(14)22-15/h4-8H,3,9-10H2,1-2H3,(H,20,23)(H,21,22,24). The summed E-state index contributed by atoms with van der Waals surface area (Å²) in [7, 11) is 0. The highest BCUT2D eigenvalue weighted by Gasteiger charge is 2.10. The number of carbonyl (C=O) groups is 2. The van der Waals surface area contributed by atoms with Crippen LogP contribution in [-0.4, -0.2) is 34.2 Å². The minimum atomic E-state index is -0.393. The predicted octanol–water partition coefficient (Wildman–Crippen LogP) is 3.34. The molecule has 2 N–H and O–H groups in total. The van der Waals surface area contributed by atoms with Crippen molar-refractivity contribution in [3.05, 3.63) is 57.0 Å². The van der Waals surface area contributed by atoms with Gasteiger partial charge in [-0.05, 0) is 44.2 Å². The van der Waals surface area contributed by atoms with E-state index in [9.17, 15) is 14.4 Å². The molecule has 28 heavy (non-hydrogen) atoms. The molecule has 3 aromatic rings. The lowest BCUT2D eigenvalue weighted by atomic mass is 10.2. The third kappa shape index (κ3) is 4.99. The molecule has 0 saturated heterocycles. The number of H-pyrrole nitrogens is 1. The molecule has 0 radical (unpaired) electrons. The number of hydrogen-bond acceptors (Lipinski definition) is 7. The summed E-state index contributed by atoms with van der Waals surface area (Å²) in [5.41, 5.74) is 0.875. The number of benzene rings is 1. The molecule has 0 fully saturated rings. The van der Waals surface area contributed by atoms with E-state index in [4.69, 9.17) is 4.74 Å². The Hall–Kier alpha value is -2.65. The Labute approximate surface area is 169 Å². The number of ether oxygens (including phenoxy) is 1. The van der Waals surface area contributed by atoms with Crippen LogP contribution in [0, 0.1) is 6.92 Å². The van der Waals surface area contributed by atoms with E-state index in [0.717, 1.165) is 4.88 Å². The molecule has 0 atom stereocenters. The van der Waals surface area contributed by atoms with Crippen molar-refractivity contribution in [3.63, 3.8) is 0 Å². The number of rotatable bonds is 7. The summed E-state index contributed by atoms with van der Waals surface area (Å²) in [5, 5.41) is 3.37. The molecule has 1 aromatic carbocycles. The molecule has 1 amide bonds. The molecule has 2 aromatic heterocycles. The number of thiophene rings is 1. The second-order valence-corrected chi connectivity index (χ2v) is 8.15. The number of hydrogen-bond donors (Lipinski definition) is 2. The third-order valence-corrected chi connectivity index (χ3v) is 5.61. The fourth-order valence-electron chi connectivity index (χ4n) is 2.51. The highest BCUT2D eigenvalue weighted by Crippen LogP contribution is 2.21. The van der Waals surface area contributed by atoms with Gasteiger partial charge in [-0.15, -0.1) is 23.1 Å². The topological polar surface area (TPSA) is 101 Å². The summed E-state index contributed by atoms with van der Waals surface area (Å²) < 4.78 is 4.92. The minimum absolute atomic E-state index is 0.156. The molecule has 0 aliphatic carbocycles. The lowest BCUT2D eigenvalue weighted by Gasteiger charge is -2.06. The maximum absolute atomic E-state index is 12.1. The van der Waals surface area contributed by atoms with Gasteiger partial charge in [0.25, 0.3) is 5.56 Å². The SMILES string of the molecule is CCOC(=O)c1ccc(NC(=O)CSCc2nc3sc(C)cc3c(=O)[nH]2)cc1. The highest BCUT2D eigenvalue weighted by molar-refractivity contribution is 7.99.